The minimum atomic E-state index is -4.55. The number of alkyl halides is 3. The monoisotopic (exact) mass is 378 g/mol. The second kappa shape index (κ2) is 7.07. The fourth-order valence-corrected chi connectivity index (χ4v) is 3.12. The van der Waals surface area contributed by atoms with E-state index in [0.717, 1.165) is 10.5 Å². The lowest BCUT2D eigenvalue weighted by Crippen LogP contribution is -2.07. The molecule has 0 aliphatic rings. The molecule has 1 aromatic heterocycles. The van der Waals surface area contributed by atoms with Crippen LogP contribution in [-0.2, 0) is 6.18 Å². The lowest BCUT2D eigenvalue weighted by Gasteiger charge is -2.08. The van der Waals surface area contributed by atoms with Gasteiger partial charge < -0.3 is 9.72 Å². The summed E-state index contributed by atoms with van der Waals surface area (Å²) in [7, 11) is 1.55. The normalized spacial score (nSPS) is 11.6. The maximum Gasteiger partial charge on any atom is 0.449 e. The Bertz CT molecular complexity index is 918. The minimum Gasteiger partial charge on any atom is -0.496 e. The maximum absolute atomic E-state index is 13.2. The topological polar surface area (TPSA) is 37.9 Å². The van der Waals surface area contributed by atoms with E-state index in [1.807, 2.05) is 25.3 Å². The molecule has 0 unspecified atom stereocenters. The lowest BCUT2D eigenvalue weighted by atomic mass is 10.0. The van der Waals surface area contributed by atoms with Crippen molar-refractivity contribution in [1.29, 1.82) is 0 Å². The number of hydrogen-bond acceptors (Lipinski definition) is 3. The number of rotatable bonds is 4. The van der Waals surface area contributed by atoms with Crippen molar-refractivity contribution in [2.24, 2.45) is 0 Å². The van der Waals surface area contributed by atoms with Crippen LogP contribution in [0.3, 0.4) is 0 Å². The quantitative estimate of drug-likeness (QED) is 0.583. The summed E-state index contributed by atoms with van der Waals surface area (Å²) < 4.78 is 44.9. The molecule has 0 aliphatic carbocycles. The van der Waals surface area contributed by atoms with E-state index >= 15 is 0 Å². The molecule has 136 valence electrons. The highest BCUT2D eigenvalue weighted by molar-refractivity contribution is 7.98. The number of nitrogens with zero attached hydrogens (tertiary/aromatic N) is 1. The summed E-state index contributed by atoms with van der Waals surface area (Å²) in [6.07, 6.45) is -2.60. The Morgan fingerprint density at radius 3 is 2.23 bits per heavy atom. The van der Waals surface area contributed by atoms with E-state index in [2.05, 4.69) is 9.97 Å². The van der Waals surface area contributed by atoms with Gasteiger partial charge in [-0.3, -0.25) is 0 Å². The van der Waals surface area contributed by atoms with Crippen LogP contribution in [0.15, 0.2) is 47.4 Å². The SMILES string of the molecule is COc1ccc(-c2nc(C(F)(F)F)[nH]c2-c2ccc(SC)cc2)cc1C. The third-order valence-electron chi connectivity index (χ3n) is 4.02. The fourth-order valence-electron chi connectivity index (χ4n) is 2.71. The van der Waals surface area contributed by atoms with E-state index in [-0.39, 0.29) is 5.69 Å². The van der Waals surface area contributed by atoms with Crippen molar-refractivity contribution in [2.45, 2.75) is 18.0 Å². The summed E-state index contributed by atoms with van der Waals surface area (Å²) >= 11 is 1.57. The Hall–Kier alpha value is -2.41. The van der Waals surface area contributed by atoms with Gasteiger partial charge in [0, 0.05) is 16.0 Å². The van der Waals surface area contributed by atoms with Gasteiger partial charge in [0.15, 0.2) is 0 Å². The number of nitrogens with one attached hydrogen (secondary N) is 1. The van der Waals surface area contributed by atoms with Gasteiger partial charge in [0.25, 0.3) is 0 Å². The van der Waals surface area contributed by atoms with E-state index in [0.29, 0.717) is 22.6 Å². The molecule has 0 aliphatic heterocycles. The van der Waals surface area contributed by atoms with Crippen molar-refractivity contribution in [3.8, 4) is 28.3 Å². The first kappa shape index (κ1) is 18.4. The highest BCUT2D eigenvalue weighted by Gasteiger charge is 2.36. The number of aromatic amines is 1. The van der Waals surface area contributed by atoms with Crippen LogP contribution >= 0.6 is 11.8 Å². The number of halogens is 3. The van der Waals surface area contributed by atoms with Crippen molar-refractivity contribution >= 4 is 11.8 Å². The van der Waals surface area contributed by atoms with Crippen LogP contribution < -0.4 is 4.74 Å². The first-order valence-electron chi connectivity index (χ1n) is 7.80. The molecule has 0 amide bonds. The van der Waals surface area contributed by atoms with E-state index in [1.54, 1.807) is 49.2 Å². The Balaban J connectivity index is 2.16. The summed E-state index contributed by atoms with van der Waals surface area (Å²) in [6.45, 7) is 1.84. The molecule has 0 saturated heterocycles. The van der Waals surface area contributed by atoms with Crippen molar-refractivity contribution in [3.63, 3.8) is 0 Å². The molecular weight excluding hydrogens is 361 g/mol. The molecule has 2 aromatic carbocycles. The molecule has 0 spiro atoms. The van der Waals surface area contributed by atoms with Gasteiger partial charge >= 0.3 is 6.18 Å². The van der Waals surface area contributed by atoms with Crippen molar-refractivity contribution in [3.05, 3.63) is 53.9 Å². The number of methoxy groups -OCH3 is 1. The van der Waals surface area contributed by atoms with E-state index in [4.69, 9.17) is 4.74 Å². The number of benzene rings is 2. The van der Waals surface area contributed by atoms with Crippen molar-refractivity contribution in [1.82, 2.24) is 9.97 Å². The molecular formula is C19H17F3N2OS. The van der Waals surface area contributed by atoms with Crippen LogP contribution in [0.25, 0.3) is 22.5 Å². The van der Waals surface area contributed by atoms with Gasteiger partial charge in [0.1, 0.15) is 5.75 Å². The highest BCUT2D eigenvalue weighted by atomic mass is 32.2. The zero-order valence-corrected chi connectivity index (χ0v) is 15.3. The molecule has 3 nitrogen and oxygen atoms in total. The number of H-pyrrole nitrogens is 1. The Morgan fingerprint density at radius 1 is 1.04 bits per heavy atom. The van der Waals surface area contributed by atoms with Gasteiger partial charge in [-0.15, -0.1) is 11.8 Å². The van der Waals surface area contributed by atoms with Crippen molar-refractivity contribution in [2.75, 3.05) is 13.4 Å². The Labute approximate surface area is 153 Å². The molecule has 3 aromatic rings. The third-order valence-corrected chi connectivity index (χ3v) is 4.76. The van der Waals surface area contributed by atoms with Crippen molar-refractivity contribution < 1.29 is 17.9 Å². The first-order chi connectivity index (χ1) is 12.3. The fraction of sp³-hybridized carbons (Fsp3) is 0.211. The van der Waals surface area contributed by atoms with Crippen LogP contribution in [0, 0.1) is 6.92 Å². The first-order valence-corrected chi connectivity index (χ1v) is 9.02. The number of aromatic nitrogens is 2. The highest BCUT2D eigenvalue weighted by Crippen LogP contribution is 2.37. The molecule has 3 rings (SSSR count). The standard InChI is InChI=1S/C19H17F3N2OS/c1-11-10-13(6-9-15(11)25-2)17-16(23-18(24-17)19(20,21)22)12-4-7-14(26-3)8-5-12/h4-10H,1-3H3,(H,23,24). The van der Waals surface area contributed by atoms with E-state index in [9.17, 15) is 13.2 Å². The molecule has 26 heavy (non-hydrogen) atoms. The molecule has 0 bridgehead atoms. The molecule has 0 saturated carbocycles. The lowest BCUT2D eigenvalue weighted by molar-refractivity contribution is -0.144. The smallest absolute Gasteiger partial charge is 0.449 e. The van der Waals surface area contributed by atoms with Gasteiger partial charge in [0.05, 0.1) is 18.5 Å². The van der Waals surface area contributed by atoms with Gasteiger partial charge in [-0.05, 0) is 49.1 Å². The van der Waals surface area contributed by atoms with Gasteiger partial charge in [-0.25, -0.2) is 4.98 Å². The van der Waals surface area contributed by atoms with Gasteiger partial charge in [-0.2, -0.15) is 13.2 Å². The minimum absolute atomic E-state index is 0.264. The molecule has 0 atom stereocenters. The maximum atomic E-state index is 13.2. The summed E-state index contributed by atoms with van der Waals surface area (Å²) in [5.74, 6) is -0.337. The summed E-state index contributed by atoms with van der Waals surface area (Å²) in [5, 5.41) is 0. The summed E-state index contributed by atoms with van der Waals surface area (Å²) in [5.41, 5.74) is 2.67. The largest absolute Gasteiger partial charge is 0.496 e. The predicted octanol–water partition coefficient (Wildman–Crippen LogP) is 5.80. The molecule has 1 heterocycles. The molecule has 0 fully saturated rings. The molecule has 0 radical (unpaired) electrons. The van der Waals surface area contributed by atoms with Gasteiger partial charge in [-0.1, -0.05) is 12.1 Å². The Kier molecular flexibility index (Phi) is 5.00. The predicted molar refractivity (Wildman–Crippen MR) is 97.5 cm³/mol. The number of aryl methyl sites for hydroxylation is 1. The number of imidazole rings is 1. The average Bonchev–Trinajstić information content (AvgIpc) is 3.07. The number of ether oxygens (including phenoxy) is 1. The second-order valence-corrected chi connectivity index (χ2v) is 6.60. The molecule has 7 heteroatoms. The van der Waals surface area contributed by atoms with Crippen LogP contribution in [0.1, 0.15) is 11.4 Å². The summed E-state index contributed by atoms with van der Waals surface area (Å²) in [4.78, 5) is 7.32. The number of hydrogen-bond donors (Lipinski definition) is 1. The number of thioether (sulfide) groups is 1. The van der Waals surface area contributed by atoms with Crippen LogP contribution in [0.5, 0.6) is 5.75 Å². The summed E-state index contributed by atoms with van der Waals surface area (Å²) in [6, 6.07) is 12.5. The second-order valence-electron chi connectivity index (χ2n) is 5.72. The third kappa shape index (κ3) is 3.58. The van der Waals surface area contributed by atoms with Gasteiger partial charge in [0.2, 0.25) is 5.82 Å². The van der Waals surface area contributed by atoms with E-state index in [1.165, 1.54) is 0 Å². The zero-order chi connectivity index (χ0) is 18.9. The molecule has 1 N–H and O–H groups in total. The van der Waals surface area contributed by atoms with Crippen LogP contribution in [0.4, 0.5) is 13.2 Å². The van der Waals surface area contributed by atoms with Crippen LogP contribution in [0.2, 0.25) is 0 Å². The average molecular weight is 378 g/mol. The Morgan fingerprint density at radius 2 is 1.69 bits per heavy atom. The zero-order valence-electron chi connectivity index (χ0n) is 14.4. The van der Waals surface area contributed by atoms with Crippen LogP contribution in [-0.4, -0.2) is 23.3 Å². The van der Waals surface area contributed by atoms with E-state index < -0.39 is 12.0 Å².